The first-order valence-corrected chi connectivity index (χ1v) is 7.81. The van der Waals surface area contributed by atoms with Crippen molar-refractivity contribution in [3.63, 3.8) is 0 Å². The van der Waals surface area contributed by atoms with Gasteiger partial charge in [0.1, 0.15) is 11.6 Å². The van der Waals surface area contributed by atoms with Gasteiger partial charge in [-0.25, -0.2) is 9.18 Å². The van der Waals surface area contributed by atoms with Crippen LogP contribution >= 0.6 is 15.9 Å². The molecule has 0 unspecified atom stereocenters. The molecule has 0 fully saturated rings. The number of methoxy groups -OCH3 is 1. The monoisotopic (exact) mass is 395 g/mol. The Labute approximate surface area is 146 Å². The molecule has 0 bridgehead atoms. The number of hydrogen-bond acceptors (Lipinski definition) is 4. The molecule has 0 aliphatic rings. The number of carbonyl (C=O) groups is 2. The minimum Gasteiger partial charge on any atom is -0.497 e. The Morgan fingerprint density at radius 2 is 1.96 bits per heavy atom. The third-order valence-corrected chi connectivity index (χ3v) is 3.83. The average molecular weight is 396 g/mol. The second-order valence-electron chi connectivity index (χ2n) is 4.89. The molecular weight excluding hydrogens is 381 g/mol. The molecule has 0 saturated heterocycles. The van der Waals surface area contributed by atoms with Gasteiger partial charge in [0.05, 0.1) is 12.7 Å². The van der Waals surface area contributed by atoms with Crippen molar-refractivity contribution in [3.05, 3.63) is 58.3 Å². The minimum absolute atomic E-state index is 0.236. The fourth-order valence-electron chi connectivity index (χ4n) is 1.88. The van der Waals surface area contributed by atoms with E-state index >= 15 is 0 Å². The van der Waals surface area contributed by atoms with Crippen LogP contribution in [0.25, 0.3) is 0 Å². The molecule has 1 amide bonds. The topological polar surface area (TPSA) is 64.6 Å². The summed E-state index contributed by atoms with van der Waals surface area (Å²) in [6, 6.07) is 10.3. The maximum Gasteiger partial charge on any atom is 0.340 e. The van der Waals surface area contributed by atoms with Crippen LogP contribution in [0.4, 0.5) is 10.1 Å². The van der Waals surface area contributed by atoms with Crippen molar-refractivity contribution in [3.8, 4) is 5.75 Å². The highest BCUT2D eigenvalue weighted by atomic mass is 79.9. The number of esters is 1. The number of carbonyl (C=O) groups excluding carboxylic acids is 2. The van der Waals surface area contributed by atoms with Gasteiger partial charge >= 0.3 is 5.97 Å². The van der Waals surface area contributed by atoms with Gasteiger partial charge in [0.2, 0.25) is 0 Å². The molecule has 0 saturated carbocycles. The lowest BCUT2D eigenvalue weighted by atomic mass is 10.2. The number of nitrogens with one attached hydrogen (secondary N) is 1. The predicted molar refractivity (Wildman–Crippen MR) is 90.6 cm³/mol. The van der Waals surface area contributed by atoms with Crippen molar-refractivity contribution >= 4 is 33.5 Å². The smallest absolute Gasteiger partial charge is 0.340 e. The van der Waals surface area contributed by atoms with Crippen LogP contribution in [0, 0.1) is 5.82 Å². The zero-order valence-electron chi connectivity index (χ0n) is 13.0. The average Bonchev–Trinajstić information content (AvgIpc) is 2.55. The third kappa shape index (κ3) is 4.55. The zero-order chi connectivity index (χ0) is 17.7. The summed E-state index contributed by atoms with van der Waals surface area (Å²) < 4.78 is 23.8. The molecule has 0 aromatic heterocycles. The highest BCUT2D eigenvalue weighted by molar-refractivity contribution is 9.10. The van der Waals surface area contributed by atoms with E-state index in [1.807, 2.05) is 0 Å². The summed E-state index contributed by atoms with van der Waals surface area (Å²) >= 11 is 3.25. The van der Waals surface area contributed by atoms with E-state index in [1.165, 1.54) is 44.4 Å². The molecule has 0 heterocycles. The van der Waals surface area contributed by atoms with Gasteiger partial charge in [-0.3, -0.25) is 4.79 Å². The maximum absolute atomic E-state index is 13.1. The second-order valence-corrected chi connectivity index (χ2v) is 5.75. The van der Waals surface area contributed by atoms with Crippen molar-refractivity contribution in [2.24, 2.45) is 0 Å². The van der Waals surface area contributed by atoms with E-state index < -0.39 is 23.8 Å². The highest BCUT2D eigenvalue weighted by Crippen LogP contribution is 2.23. The maximum atomic E-state index is 13.1. The third-order valence-electron chi connectivity index (χ3n) is 3.14. The Balaban J connectivity index is 2.04. The summed E-state index contributed by atoms with van der Waals surface area (Å²) in [5, 5.41) is 2.48. The molecule has 0 spiro atoms. The standard InChI is InChI=1S/C17H15BrFNO4/c1-10(16(21)20-12-5-3-4-11(19)8-12)24-17(22)14-9-13(23-2)6-7-15(14)18/h3-10H,1-2H3,(H,20,21)/t10-/m1/s1. The first kappa shape index (κ1) is 17.9. The fraction of sp³-hybridized carbons (Fsp3) is 0.176. The SMILES string of the molecule is COc1ccc(Br)c(C(=O)O[C@H](C)C(=O)Nc2cccc(F)c2)c1. The quantitative estimate of drug-likeness (QED) is 0.782. The summed E-state index contributed by atoms with van der Waals surface area (Å²) in [5.41, 5.74) is 0.519. The van der Waals surface area contributed by atoms with Gasteiger partial charge in [0.25, 0.3) is 5.91 Å². The molecule has 5 nitrogen and oxygen atoms in total. The summed E-state index contributed by atoms with van der Waals surface area (Å²) in [6.45, 7) is 1.43. The van der Waals surface area contributed by atoms with Crippen molar-refractivity contribution in [2.75, 3.05) is 12.4 Å². The number of anilines is 1. The summed E-state index contributed by atoms with van der Waals surface area (Å²) in [5.74, 6) is -1.23. The van der Waals surface area contributed by atoms with Gasteiger partial charge in [0.15, 0.2) is 6.10 Å². The molecule has 24 heavy (non-hydrogen) atoms. The molecule has 2 aromatic rings. The van der Waals surface area contributed by atoms with Gasteiger partial charge in [-0.05, 0) is 59.3 Å². The number of ether oxygens (including phenoxy) is 2. The molecule has 0 radical (unpaired) electrons. The number of amides is 1. The van der Waals surface area contributed by atoms with Gasteiger partial charge < -0.3 is 14.8 Å². The van der Waals surface area contributed by atoms with E-state index in [4.69, 9.17) is 9.47 Å². The van der Waals surface area contributed by atoms with Crippen molar-refractivity contribution < 1.29 is 23.5 Å². The Hall–Kier alpha value is -2.41. The molecule has 2 aromatic carbocycles. The number of hydrogen-bond donors (Lipinski definition) is 1. The molecule has 0 aliphatic carbocycles. The van der Waals surface area contributed by atoms with Gasteiger partial charge in [-0.1, -0.05) is 6.07 Å². The van der Waals surface area contributed by atoms with Gasteiger partial charge in [-0.2, -0.15) is 0 Å². The number of rotatable bonds is 5. The summed E-state index contributed by atoms with van der Waals surface area (Å²) in [4.78, 5) is 24.3. The molecule has 0 aliphatic heterocycles. The largest absolute Gasteiger partial charge is 0.497 e. The van der Waals surface area contributed by atoms with E-state index in [0.29, 0.717) is 10.2 Å². The van der Waals surface area contributed by atoms with Crippen molar-refractivity contribution in [1.29, 1.82) is 0 Å². The van der Waals surface area contributed by atoms with E-state index in [9.17, 15) is 14.0 Å². The Morgan fingerprint density at radius 3 is 2.62 bits per heavy atom. The molecule has 126 valence electrons. The van der Waals surface area contributed by atoms with E-state index in [-0.39, 0.29) is 11.3 Å². The highest BCUT2D eigenvalue weighted by Gasteiger charge is 2.21. The van der Waals surface area contributed by atoms with Crippen LogP contribution in [-0.2, 0) is 9.53 Å². The predicted octanol–water partition coefficient (Wildman–Crippen LogP) is 3.78. The van der Waals surface area contributed by atoms with Crippen LogP contribution in [-0.4, -0.2) is 25.1 Å². The molecule has 7 heteroatoms. The molecule has 1 atom stereocenters. The first-order valence-electron chi connectivity index (χ1n) is 7.01. The lowest BCUT2D eigenvalue weighted by Gasteiger charge is -2.14. The number of halogens is 2. The van der Waals surface area contributed by atoms with E-state index in [0.717, 1.165) is 0 Å². The molecule has 2 rings (SSSR count). The van der Waals surface area contributed by atoms with Crippen molar-refractivity contribution in [2.45, 2.75) is 13.0 Å². The lowest BCUT2D eigenvalue weighted by molar-refractivity contribution is -0.123. The van der Waals surface area contributed by atoms with E-state index in [1.54, 1.807) is 12.1 Å². The lowest BCUT2D eigenvalue weighted by Crippen LogP contribution is -2.30. The number of benzene rings is 2. The first-order chi connectivity index (χ1) is 11.4. The van der Waals surface area contributed by atoms with Crippen LogP contribution < -0.4 is 10.1 Å². The van der Waals surface area contributed by atoms with Crippen LogP contribution in [0.3, 0.4) is 0 Å². The summed E-state index contributed by atoms with van der Waals surface area (Å²) in [7, 11) is 1.48. The Kier molecular flexibility index (Phi) is 5.92. The Morgan fingerprint density at radius 1 is 1.21 bits per heavy atom. The van der Waals surface area contributed by atoms with Crippen LogP contribution in [0.5, 0.6) is 5.75 Å². The van der Waals surface area contributed by atoms with Crippen LogP contribution in [0.1, 0.15) is 17.3 Å². The van der Waals surface area contributed by atoms with E-state index in [2.05, 4.69) is 21.2 Å². The fourth-order valence-corrected chi connectivity index (χ4v) is 2.28. The van der Waals surface area contributed by atoms with Gasteiger partial charge in [-0.15, -0.1) is 0 Å². The Bertz CT molecular complexity index is 766. The minimum atomic E-state index is -1.06. The van der Waals surface area contributed by atoms with Gasteiger partial charge in [0, 0.05) is 10.2 Å². The normalized spacial score (nSPS) is 11.5. The summed E-state index contributed by atoms with van der Waals surface area (Å²) in [6.07, 6.45) is -1.06. The van der Waals surface area contributed by atoms with Crippen LogP contribution in [0.15, 0.2) is 46.9 Å². The van der Waals surface area contributed by atoms with Crippen LogP contribution in [0.2, 0.25) is 0 Å². The molecular formula is C17H15BrFNO4. The van der Waals surface area contributed by atoms with Crippen molar-refractivity contribution in [1.82, 2.24) is 0 Å². The zero-order valence-corrected chi connectivity index (χ0v) is 14.6. The molecule has 1 N–H and O–H groups in total. The second kappa shape index (κ2) is 7.92.